The van der Waals surface area contributed by atoms with E-state index in [-0.39, 0.29) is 5.92 Å². The Morgan fingerprint density at radius 2 is 1.84 bits per heavy atom. The normalized spacial score (nSPS) is 33.5. The predicted molar refractivity (Wildman–Crippen MR) is 97.2 cm³/mol. The van der Waals surface area contributed by atoms with Crippen molar-refractivity contribution in [3.05, 3.63) is 35.4 Å². The first-order valence-corrected chi connectivity index (χ1v) is 10.0. The molecular formula is C22H29NO2. The molecule has 4 fully saturated rings. The highest BCUT2D eigenvalue weighted by Crippen LogP contribution is 2.54. The first-order valence-electron chi connectivity index (χ1n) is 10.0. The first kappa shape index (κ1) is 15.9. The number of rotatable bonds is 4. The standard InChI is InChI=1S/C22H29NO2/c1-21(25)11-18(12-21)20(24)23-13-22(14-23)9-15(10-22)8-17-4-2-3-5-19(17)16-6-7-16/h2-5,15-16,18,25H,6-14H2,1H3/t18-,21+. The van der Waals surface area contributed by atoms with E-state index < -0.39 is 5.60 Å². The lowest BCUT2D eigenvalue weighted by molar-refractivity contribution is -0.171. The molecule has 1 N–H and O–H groups in total. The molecule has 0 radical (unpaired) electrons. The molecule has 25 heavy (non-hydrogen) atoms. The predicted octanol–water partition coefficient (Wildman–Crippen LogP) is 3.51. The van der Waals surface area contributed by atoms with Gasteiger partial charge >= 0.3 is 0 Å². The zero-order chi connectivity index (χ0) is 17.2. The van der Waals surface area contributed by atoms with Crippen molar-refractivity contribution in [3.8, 4) is 0 Å². The van der Waals surface area contributed by atoms with Crippen molar-refractivity contribution in [1.29, 1.82) is 0 Å². The molecule has 5 rings (SSSR count). The maximum absolute atomic E-state index is 12.4. The van der Waals surface area contributed by atoms with Crippen molar-refractivity contribution in [2.24, 2.45) is 17.3 Å². The highest BCUT2D eigenvalue weighted by molar-refractivity contribution is 5.81. The van der Waals surface area contributed by atoms with Crippen LogP contribution >= 0.6 is 0 Å². The summed E-state index contributed by atoms with van der Waals surface area (Å²) in [5, 5.41) is 9.83. The number of aliphatic hydroxyl groups is 1. The van der Waals surface area contributed by atoms with Crippen molar-refractivity contribution >= 4 is 5.91 Å². The van der Waals surface area contributed by atoms with E-state index in [2.05, 4.69) is 24.3 Å². The molecule has 0 unspecified atom stereocenters. The molecule has 1 amide bonds. The number of hydrogen-bond acceptors (Lipinski definition) is 2. The topological polar surface area (TPSA) is 40.5 Å². The lowest BCUT2D eigenvalue weighted by Gasteiger charge is -2.60. The van der Waals surface area contributed by atoms with Crippen molar-refractivity contribution in [2.45, 2.75) is 63.4 Å². The fourth-order valence-electron chi connectivity index (χ4n) is 5.75. The Morgan fingerprint density at radius 1 is 1.16 bits per heavy atom. The Kier molecular flexibility index (Phi) is 3.38. The summed E-state index contributed by atoms with van der Waals surface area (Å²) in [6.45, 7) is 3.76. The van der Waals surface area contributed by atoms with Gasteiger partial charge in [0.1, 0.15) is 0 Å². The van der Waals surface area contributed by atoms with Gasteiger partial charge in [0.05, 0.1) is 5.60 Å². The number of hydrogen-bond donors (Lipinski definition) is 1. The fourth-order valence-corrected chi connectivity index (χ4v) is 5.75. The Hall–Kier alpha value is -1.35. The molecule has 3 nitrogen and oxygen atoms in total. The van der Waals surface area contributed by atoms with Gasteiger partial charge in [-0.15, -0.1) is 0 Å². The molecule has 1 aromatic carbocycles. The van der Waals surface area contributed by atoms with Gasteiger partial charge in [0.25, 0.3) is 0 Å². The Morgan fingerprint density at radius 3 is 2.48 bits per heavy atom. The first-order chi connectivity index (χ1) is 11.9. The van der Waals surface area contributed by atoms with Gasteiger partial charge in [-0.2, -0.15) is 0 Å². The molecular weight excluding hydrogens is 310 g/mol. The Bertz CT molecular complexity index is 684. The summed E-state index contributed by atoms with van der Waals surface area (Å²) < 4.78 is 0. The summed E-state index contributed by atoms with van der Waals surface area (Å²) in [6.07, 6.45) is 7.85. The number of benzene rings is 1. The van der Waals surface area contributed by atoms with E-state index in [0.717, 1.165) is 24.9 Å². The Labute approximate surface area is 150 Å². The quantitative estimate of drug-likeness (QED) is 0.912. The molecule has 0 bridgehead atoms. The third kappa shape index (κ3) is 2.81. The molecule has 134 valence electrons. The van der Waals surface area contributed by atoms with Crippen molar-refractivity contribution in [1.82, 2.24) is 4.90 Å². The number of likely N-dealkylation sites (tertiary alicyclic amines) is 1. The number of amides is 1. The highest BCUT2D eigenvalue weighted by Gasteiger charge is 2.55. The van der Waals surface area contributed by atoms with E-state index in [1.54, 1.807) is 11.1 Å². The second kappa shape index (κ2) is 5.33. The van der Waals surface area contributed by atoms with Crippen LogP contribution in [0.4, 0.5) is 0 Å². The van der Waals surface area contributed by atoms with E-state index in [1.165, 1.54) is 32.1 Å². The molecule has 1 spiro atoms. The van der Waals surface area contributed by atoms with Gasteiger partial charge in [0.15, 0.2) is 0 Å². The van der Waals surface area contributed by atoms with Crippen LogP contribution in [0.25, 0.3) is 0 Å². The fraction of sp³-hybridized carbons (Fsp3) is 0.682. The van der Waals surface area contributed by atoms with Crippen LogP contribution in [0, 0.1) is 17.3 Å². The van der Waals surface area contributed by atoms with Gasteiger partial charge in [0.2, 0.25) is 5.91 Å². The molecule has 1 saturated heterocycles. The van der Waals surface area contributed by atoms with Gasteiger partial charge in [-0.05, 0) is 74.8 Å². The molecule has 1 aromatic rings. The third-order valence-corrected chi connectivity index (χ3v) is 7.11. The molecule has 0 aromatic heterocycles. The monoisotopic (exact) mass is 339 g/mol. The molecule has 3 aliphatic carbocycles. The van der Waals surface area contributed by atoms with Gasteiger partial charge in [-0.25, -0.2) is 0 Å². The minimum atomic E-state index is -0.598. The average Bonchev–Trinajstić information content (AvgIpc) is 3.30. The maximum Gasteiger partial charge on any atom is 0.225 e. The van der Waals surface area contributed by atoms with Crippen LogP contribution in [0.1, 0.15) is 62.5 Å². The van der Waals surface area contributed by atoms with Gasteiger partial charge < -0.3 is 10.0 Å². The van der Waals surface area contributed by atoms with Crippen molar-refractivity contribution in [3.63, 3.8) is 0 Å². The summed E-state index contributed by atoms with van der Waals surface area (Å²) in [4.78, 5) is 14.5. The molecule has 0 atom stereocenters. The zero-order valence-corrected chi connectivity index (χ0v) is 15.2. The van der Waals surface area contributed by atoms with E-state index in [9.17, 15) is 9.90 Å². The number of carbonyl (C=O) groups is 1. The zero-order valence-electron chi connectivity index (χ0n) is 15.2. The van der Waals surface area contributed by atoms with Gasteiger partial charge in [-0.3, -0.25) is 4.79 Å². The number of carbonyl (C=O) groups excluding carboxylic acids is 1. The molecule has 1 heterocycles. The summed E-state index contributed by atoms with van der Waals surface area (Å²) >= 11 is 0. The largest absolute Gasteiger partial charge is 0.390 e. The van der Waals surface area contributed by atoms with Crippen LogP contribution in [0.15, 0.2) is 24.3 Å². The van der Waals surface area contributed by atoms with Crippen LogP contribution < -0.4 is 0 Å². The Balaban J connectivity index is 1.12. The van der Waals surface area contributed by atoms with Crippen molar-refractivity contribution < 1.29 is 9.90 Å². The molecule has 3 saturated carbocycles. The third-order valence-electron chi connectivity index (χ3n) is 7.11. The minimum Gasteiger partial charge on any atom is -0.390 e. The summed E-state index contributed by atoms with van der Waals surface area (Å²) in [5.41, 5.74) is 3.01. The summed E-state index contributed by atoms with van der Waals surface area (Å²) in [5.74, 6) is 2.01. The number of nitrogens with zero attached hydrogens (tertiary/aromatic N) is 1. The van der Waals surface area contributed by atoms with Gasteiger partial charge in [0, 0.05) is 24.4 Å². The average molecular weight is 339 g/mol. The summed E-state index contributed by atoms with van der Waals surface area (Å²) in [6, 6.07) is 9.04. The van der Waals surface area contributed by atoms with Crippen LogP contribution in [0.3, 0.4) is 0 Å². The minimum absolute atomic E-state index is 0.0774. The smallest absolute Gasteiger partial charge is 0.225 e. The van der Waals surface area contributed by atoms with E-state index >= 15 is 0 Å². The van der Waals surface area contributed by atoms with Crippen LogP contribution in [-0.2, 0) is 11.2 Å². The molecule has 1 aliphatic heterocycles. The molecule has 4 aliphatic rings. The SMILES string of the molecule is C[C@]1(O)C[C@@H](C(=O)N2CC3(CC(Cc4ccccc4C4CC4)C3)C2)C1. The lowest BCUT2D eigenvalue weighted by atomic mass is 9.56. The second-order valence-corrected chi connectivity index (χ2v) is 9.75. The summed E-state index contributed by atoms with van der Waals surface area (Å²) in [7, 11) is 0. The van der Waals surface area contributed by atoms with Gasteiger partial charge in [-0.1, -0.05) is 24.3 Å². The molecule has 3 heteroatoms. The lowest BCUT2D eigenvalue weighted by Crippen LogP contribution is -2.66. The van der Waals surface area contributed by atoms with Crippen molar-refractivity contribution in [2.75, 3.05) is 13.1 Å². The van der Waals surface area contributed by atoms with E-state index in [1.807, 2.05) is 11.8 Å². The van der Waals surface area contributed by atoms with E-state index in [0.29, 0.717) is 24.2 Å². The second-order valence-electron chi connectivity index (χ2n) is 9.75. The van der Waals surface area contributed by atoms with Crippen LogP contribution in [0.2, 0.25) is 0 Å². The van der Waals surface area contributed by atoms with E-state index in [4.69, 9.17) is 0 Å². The maximum atomic E-state index is 12.4. The van der Waals surface area contributed by atoms with Crippen LogP contribution in [-0.4, -0.2) is 34.6 Å². The highest BCUT2D eigenvalue weighted by atomic mass is 16.3. The van der Waals surface area contributed by atoms with Crippen LogP contribution in [0.5, 0.6) is 0 Å².